The predicted molar refractivity (Wildman–Crippen MR) is 121 cm³/mol. The first-order chi connectivity index (χ1) is 14.2. The quantitative estimate of drug-likeness (QED) is 0.356. The van der Waals surface area contributed by atoms with E-state index in [1.807, 2.05) is 88.4 Å². The molecule has 0 saturated carbocycles. The maximum atomic E-state index is 12.7. The Morgan fingerprint density at radius 2 is 1.30 bits per heavy atom. The number of hydrogen-bond donors (Lipinski definition) is 0. The number of fused-ring (bicyclic) bond motifs is 2. The highest BCUT2D eigenvalue weighted by molar-refractivity contribution is 6.62. The van der Waals surface area contributed by atoms with Crippen molar-refractivity contribution in [1.82, 2.24) is 0 Å². The summed E-state index contributed by atoms with van der Waals surface area (Å²) < 4.78 is 18.3. The molecule has 1 fully saturated rings. The molecule has 30 heavy (non-hydrogen) atoms. The fourth-order valence-corrected chi connectivity index (χ4v) is 3.79. The monoisotopic (exact) mass is 398 g/mol. The van der Waals surface area contributed by atoms with Gasteiger partial charge in [0.25, 0.3) is 0 Å². The third-order valence-electron chi connectivity index (χ3n) is 6.35. The van der Waals surface area contributed by atoms with Gasteiger partial charge in [-0.2, -0.15) is 0 Å². The molecule has 5 rings (SSSR count). The number of para-hydroxylation sites is 1. The lowest BCUT2D eigenvalue weighted by Gasteiger charge is -2.32. The van der Waals surface area contributed by atoms with Crippen LogP contribution < -0.4 is 10.9 Å². The lowest BCUT2D eigenvalue weighted by Crippen LogP contribution is -2.41. The van der Waals surface area contributed by atoms with Crippen molar-refractivity contribution >= 4 is 34.5 Å². The van der Waals surface area contributed by atoms with Gasteiger partial charge in [-0.1, -0.05) is 42.5 Å². The molecule has 2 heterocycles. The Morgan fingerprint density at radius 3 is 2.00 bits per heavy atom. The topological polar surface area (TPSA) is 48.7 Å². The van der Waals surface area contributed by atoms with Gasteiger partial charge in [0, 0.05) is 0 Å². The van der Waals surface area contributed by atoms with Gasteiger partial charge >= 0.3 is 7.12 Å². The van der Waals surface area contributed by atoms with Crippen molar-refractivity contribution in [2.45, 2.75) is 38.9 Å². The minimum Gasteiger partial charge on any atom is -0.456 e. The second-order valence-corrected chi connectivity index (χ2v) is 8.85. The molecule has 0 atom stereocenters. The van der Waals surface area contributed by atoms with Crippen LogP contribution in [0.2, 0.25) is 0 Å². The summed E-state index contributed by atoms with van der Waals surface area (Å²) in [4.78, 5) is 12.7. The third-order valence-corrected chi connectivity index (χ3v) is 6.35. The Labute approximate surface area is 175 Å². The van der Waals surface area contributed by atoms with Crippen LogP contribution in [0.3, 0.4) is 0 Å². The number of benzene rings is 3. The second kappa shape index (κ2) is 6.56. The van der Waals surface area contributed by atoms with E-state index in [-0.39, 0.29) is 23.7 Å². The molecule has 0 N–H and O–H groups in total. The van der Waals surface area contributed by atoms with Gasteiger partial charge in [-0.05, 0) is 68.6 Å². The molecular weight excluding hydrogens is 375 g/mol. The van der Waals surface area contributed by atoms with Crippen molar-refractivity contribution in [2.24, 2.45) is 0 Å². The second-order valence-electron chi connectivity index (χ2n) is 8.85. The van der Waals surface area contributed by atoms with Crippen LogP contribution in [0.1, 0.15) is 27.7 Å². The highest BCUT2D eigenvalue weighted by atomic mass is 16.7. The van der Waals surface area contributed by atoms with E-state index in [1.165, 1.54) is 0 Å². The van der Waals surface area contributed by atoms with Crippen molar-refractivity contribution in [3.63, 3.8) is 0 Å². The molecule has 150 valence electrons. The molecule has 0 radical (unpaired) electrons. The molecule has 0 amide bonds. The van der Waals surface area contributed by atoms with E-state index < -0.39 is 0 Å². The van der Waals surface area contributed by atoms with Crippen LogP contribution in [0, 0.1) is 0 Å². The maximum absolute atomic E-state index is 12.7. The third kappa shape index (κ3) is 2.97. The highest BCUT2D eigenvalue weighted by Crippen LogP contribution is 2.36. The lowest BCUT2D eigenvalue weighted by molar-refractivity contribution is 0.00578. The molecule has 1 aromatic heterocycles. The van der Waals surface area contributed by atoms with E-state index in [4.69, 9.17) is 13.7 Å². The molecular formula is C25H23BO4. The van der Waals surface area contributed by atoms with Gasteiger partial charge in [-0.25, -0.2) is 0 Å². The average molecular weight is 398 g/mol. The zero-order chi connectivity index (χ0) is 21.1. The van der Waals surface area contributed by atoms with Gasteiger partial charge in [0.05, 0.1) is 22.0 Å². The van der Waals surface area contributed by atoms with Crippen molar-refractivity contribution < 1.29 is 13.7 Å². The average Bonchev–Trinajstić information content (AvgIpc) is 2.95. The fourth-order valence-electron chi connectivity index (χ4n) is 3.79. The number of rotatable bonds is 2. The van der Waals surface area contributed by atoms with Crippen LogP contribution in [0.25, 0.3) is 33.1 Å². The van der Waals surface area contributed by atoms with E-state index in [0.29, 0.717) is 21.9 Å². The maximum Gasteiger partial charge on any atom is 0.494 e. The van der Waals surface area contributed by atoms with Gasteiger partial charge in [0.1, 0.15) is 11.2 Å². The molecule has 0 bridgehead atoms. The summed E-state index contributed by atoms with van der Waals surface area (Å²) in [6, 6.07) is 21.2. The normalized spacial score (nSPS) is 17.7. The van der Waals surface area contributed by atoms with Crippen LogP contribution in [0.4, 0.5) is 0 Å². The summed E-state index contributed by atoms with van der Waals surface area (Å²) in [7, 11) is -0.384. The van der Waals surface area contributed by atoms with Crippen LogP contribution in [-0.4, -0.2) is 18.3 Å². The Kier molecular flexibility index (Phi) is 4.18. The smallest absolute Gasteiger partial charge is 0.456 e. The first-order valence-corrected chi connectivity index (χ1v) is 10.2. The fraction of sp³-hybridized carbons (Fsp3) is 0.240. The summed E-state index contributed by atoms with van der Waals surface area (Å²) in [6.45, 7) is 8.20. The van der Waals surface area contributed by atoms with E-state index in [2.05, 4.69) is 0 Å². The van der Waals surface area contributed by atoms with Crippen LogP contribution >= 0.6 is 0 Å². The van der Waals surface area contributed by atoms with Crippen molar-refractivity contribution in [2.75, 3.05) is 0 Å². The Bertz CT molecular complexity index is 1300. The Morgan fingerprint density at radius 1 is 0.700 bits per heavy atom. The first-order valence-electron chi connectivity index (χ1n) is 10.2. The van der Waals surface area contributed by atoms with Crippen LogP contribution in [0.15, 0.2) is 75.9 Å². The van der Waals surface area contributed by atoms with Gasteiger partial charge < -0.3 is 13.7 Å². The van der Waals surface area contributed by atoms with Gasteiger partial charge in [0.15, 0.2) is 0 Å². The zero-order valence-electron chi connectivity index (χ0n) is 17.6. The van der Waals surface area contributed by atoms with Crippen molar-refractivity contribution in [1.29, 1.82) is 0 Å². The standard InChI is InChI=1S/C25H23BO4/c1-24(2)25(3,4)30-26(29-24)18-12-9-16(10-13-18)17-11-14-20-22(15-17)28-21-8-6-5-7-19(21)23(20)27/h5-15H,1-4H3. The Hall–Kier alpha value is -2.89. The summed E-state index contributed by atoms with van der Waals surface area (Å²) in [6.07, 6.45) is 0. The van der Waals surface area contributed by atoms with Gasteiger partial charge in [-0.15, -0.1) is 0 Å². The summed E-state index contributed by atoms with van der Waals surface area (Å²) in [5.74, 6) is 0. The molecule has 1 aliphatic heterocycles. The summed E-state index contributed by atoms with van der Waals surface area (Å²) >= 11 is 0. The van der Waals surface area contributed by atoms with Gasteiger partial charge in [0.2, 0.25) is 5.43 Å². The minimum absolute atomic E-state index is 0.00509. The summed E-state index contributed by atoms with van der Waals surface area (Å²) in [5.41, 5.74) is 3.46. The van der Waals surface area contributed by atoms with Crippen molar-refractivity contribution in [3.05, 3.63) is 77.0 Å². The van der Waals surface area contributed by atoms with E-state index in [0.717, 1.165) is 16.6 Å². The first kappa shape index (κ1) is 19.1. The van der Waals surface area contributed by atoms with E-state index in [1.54, 1.807) is 6.07 Å². The van der Waals surface area contributed by atoms with Gasteiger partial charge in [-0.3, -0.25) is 4.79 Å². The predicted octanol–water partition coefficient (Wildman–Crippen LogP) is 4.91. The lowest BCUT2D eigenvalue weighted by atomic mass is 9.78. The largest absolute Gasteiger partial charge is 0.494 e. The highest BCUT2D eigenvalue weighted by Gasteiger charge is 2.51. The Balaban J connectivity index is 1.50. The molecule has 4 nitrogen and oxygen atoms in total. The van der Waals surface area contributed by atoms with Crippen LogP contribution in [0.5, 0.6) is 0 Å². The molecule has 0 unspecified atom stereocenters. The number of hydrogen-bond acceptors (Lipinski definition) is 4. The SMILES string of the molecule is CC1(C)OB(c2ccc(-c3ccc4c(=O)c5ccccc5oc4c3)cc2)OC1(C)C. The van der Waals surface area contributed by atoms with E-state index >= 15 is 0 Å². The molecule has 3 aromatic carbocycles. The molecule has 0 aliphatic carbocycles. The molecule has 5 heteroatoms. The molecule has 4 aromatic rings. The van der Waals surface area contributed by atoms with E-state index in [9.17, 15) is 4.79 Å². The zero-order valence-corrected chi connectivity index (χ0v) is 17.6. The molecule has 1 saturated heterocycles. The molecule has 1 aliphatic rings. The minimum atomic E-state index is -0.384. The van der Waals surface area contributed by atoms with Crippen LogP contribution in [-0.2, 0) is 9.31 Å². The molecule has 0 spiro atoms. The van der Waals surface area contributed by atoms with Crippen molar-refractivity contribution in [3.8, 4) is 11.1 Å². The summed E-state index contributed by atoms with van der Waals surface area (Å²) in [5, 5.41) is 1.19.